The van der Waals surface area contributed by atoms with Crippen LogP contribution >= 0.6 is 0 Å². The van der Waals surface area contributed by atoms with Gasteiger partial charge < -0.3 is 5.32 Å². The summed E-state index contributed by atoms with van der Waals surface area (Å²) in [5.41, 5.74) is 1.69. The number of fused-ring (bicyclic) bond motifs is 1. The van der Waals surface area contributed by atoms with Crippen molar-refractivity contribution in [2.75, 3.05) is 5.32 Å². The Morgan fingerprint density at radius 3 is 2.68 bits per heavy atom. The fourth-order valence-electron chi connectivity index (χ4n) is 1.78. The monoisotopic (exact) mass is 255 g/mol. The third-order valence-electron chi connectivity index (χ3n) is 2.70. The smallest absolute Gasteiger partial charge is 0.276 e. The molecule has 0 aliphatic rings. The Labute approximate surface area is 108 Å². The first-order valence-electron chi connectivity index (χ1n) is 5.74. The van der Waals surface area contributed by atoms with E-state index in [4.69, 9.17) is 0 Å². The quantitative estimate of drug-likeness (QED) is 0.765. The van der Waals surface area contributed by atoms with E-state index in [0.717, 1.165) is 5.52 Å². The average molecular weight is 255 g/mol. The van der Waals surface area contributed by atoms with Gasteiger partial charge in [0, 0.05) is 11.9 Å². The number of amides is 1. The molecule has 0 aliphatic carbocycles. The molecule has 1 aromatic carbocycles. The van der Waals surface area contributed by atoms with Crippen LogP contribution < -0.4 is 5.32 Å². The highest BCUT2D eigenvalue weighted by Gasteiger charge is 2.10. The first-order valence-corrected chi connectivity index (χ1v) is 5.74. The molecule has 0 aliphatic heterocycles. The first-order chi connectivity index (χ1) is 9.22. The maximum absolute atomic E-state index is 12.8. The third kappa shape index (κ3) is 2.30. The first kappa shape index (κ1) is 11.4. The molecule has 3 rings (SSSR count). The van der Waals surface area contributed by atoms with Gasteiger partial charge >= 0.3 is 0 Å². The van der Waals surface area contributed by atoms with E-state index in [-0.39, 0.29) is 11.7 Å². The summed E-state index contributed by atoms with van der Waals surface area (Å²) in [5, 5.41) is 6.82. The van der Waals surface area contributed by atoms with Crippen molar-refractivity contribution in [1.29, 1.82) is 0 Å². The second kappa shape index (κ2) is 4.53. The Balaban J connectivity index is 1.85. The SMILES string of the molecule is O=C(Nc1ccc(F)cc1)c1cc2ccccn2n1. The number of aromatic nitrogens is 2. The summed E-state index contributed by atoms with van der Waals surface area (Å²) in [6.07, 6.45) is 1.77. The van der Waals surface area contributed by atoms with Crippen molar-refractivity contribution in [1.82, 2.24) is 9.61 Å². The predicted molar refractivity (Wildman–Crippen MR) is 69.5 cm³/mol. The summed E-state index contributed by atoms with van der Waals surface area (Å²) in [4.78, 5) is 12.0. The van der Waals surface area contributed by atoms with E-state index in [1.54, 1.807) is 16.8 Å². The van der Waals surface area contributed by atoms with Crippen LogP contribution in [-0.2, 0) is 0 Å². The maximum Gasteiger partial charge on any atom is 0.276 e. The number of rotatable bonds is 2. The van der Waals surface area contributed by atoms with E-state index in [1.165, 1.54) is 24.3 Å². The second-order valence-electron chi connectivity index (χ2n) is 4.06. The van der Waals surface area contributed by atoms with Gasteiger partial charge in [-0.25, -0.2) is 8.91 Å². The zero-order valence-corrected chi connectivity index (χ0v) is 9.88. The molecule has 0 radical (unpaired) electrons. The van der Waals surface area contributed by atoms with Crippen molar-refractivity contribution in [3.63, 3.8) is 0 Å². The van der Waals surface area contributed by atoms with Crippen LogP contribution in [-0.4, -0.2) is 15.5 Å². The summed E-state index contributed by atoms with van der Waals surface area (Å²) in [6.45, 7) is 0. The van der Waals surface area contributed by atoms with Crippen molar-refractivity contribution in [3.8, 4) is 0 Å². The fourth-order valence-corrected chi connectivity index (χ4v) is 1.78. The van der Waals surface area contributed by atoms with Crippen LogP contribution in [0.4, 0.5) is 10.1 Å². The molecule has 4 nitrogen and oxygen atoms in total. The van der Waals surface area contributed by atoms with E-state index in [9.17, 15) is 9.18 Å². The van der Waals surface area contributed by atoms with Crippen molar-refractivity contribution < 1.29 is 9.18 Å². The molecule has 0 unspecified atom stereocenters. The van der Waals surface area contributed by atoms with Crippen molar-refractivity contribution in [3.05, 3.63) is 66.2 Å². The maximum atomic E-state index is 12.8. The van der Waals surface area contributed by atoms with Gasteiger partial charge in [0.1, 0.15) is 5.82 Å². The van der Waals surface area contributed by atoms with Crippen molar-refractivity contribution in [2.45, 2.75) is 0 Å². The van der Waals surface area contributed by atoms with Crippen LogP contribution in [0.1, 0.15) is 10.5 Å². The van der Waals surface area contributed by atoms with E-state index < -0.39 is 0 Å². The van der Waals surface area contributed by atoms with Crippen LogP contribution in [0.25, 0.3) is 5.52 Å². The standard InChI is InChI=1S/C14H10FN3O/c15-10-4-6-11(7-5-10)16-14(19)13-9-12-3-1-2-8-18(12)17-13/h1-9H,(H,16,19). The molecule has 2 heterocycles. The minimum atomic E-state index is -0.342. The van der Waals surface area contributed by atoms with Gasteiger partial charge in [0.25, 0.3) is 5.91 Å². The van der Waals surface area contributed by atoms with Crippen LogP contribution in [0.3, 0.4) is 0 Å². The number of hydrogen-bond donors (Lipinski definition) is 1. The molecule has 2 aromatic heterocycles. The van der Waals surface area contributed by atoms with Crippen LogP contribution in [0.15, 0.2) is 54.7 Å². The Morgan fingerprint density at radius 2 is 1.95 bits per heavy atom. The Hall–Kier alpha value is -2.69. The number of nitrogens with zero attached hydrogens (tertiary/aromatic N) is 2. The lowest BCUT2D eigenvalue weighted by atomic mass is 10.3. The molecular weight excluding hydrogens is 245 g/mol. The van der Waals surface area contributed by atoms with Gasteiger partial charge in [0.2, 0.25) is 0 Å². The van der Waals surface area contributed by atoms with Crippen molar-refractivity contribution >= 4 is 17.1 Å². The number of halogens is 1. The van der Waals surface area contributed by atoms with E-state index >= 15 is 0 Å². The molecule has 1 amide bonds. The summed E-state index contributed by atoms with van der Waals surface area (Å²) < 4.78 is 14.4. The van der Waals surface area contributed by atoms with E-state index in [0.29, 0.717) is 11.4 Å². The number of pyridine rings is 1. The highest BCUT2D eigenvalue weighted by molar-refractivity contribution is 6.03. The molecule has 0 spiro atoms. The Bertz CT molecular complexity index is 701. The molecule has 3 aromatic rings. The summed E-state index contributed by atoms with van der Waals surface area (Å²) in [7, 11) is 0. The van der Waals surface area contributed by atoms with Gasteiger partial charge in [0.05, 0.1) is 5.52 Å². The van der Waals surface area contributed by atoms with Crippen LogP contribution in [0, 0.1) is 5.82 Å². The molecular formula is C14H10FN3O. The third-order valence-corrected chi connectivity index (χ3v) is 2.70. The number of nitrogens with one attached hydrogen (secondary N) is 1. The Kier molecular flexibility index (Phi) is 2.72. The molecule has 19 heavy (non-hydrogen) atoms. The normalized spacial score (nSPS) is 10.6. The predicted octanol–water partition coefficient (Wildman–Crippen LogP) is 2.73. The van der Waals surface area contributed by atoms with E-state index in [1.807, 2.05) is 18.2 Å². The minimum Gasteiger partial charge on any atom is -0.321 e. The Morgan fingerprint density at radius 1 is 1.16 bits per heavy atom. The fraction of sp³-hybridized carbons (Fsp3) is 0. The highest BCUT2D eigenvalue weighted by Crippen LogP contribution is 2.11. The van der Waals surface area contributed by atoms with Crippen molar-refractivity contribution in [2.24, 2.45) is 0 Å². The number of hydrogen-bond acceptors (Lipinski definition) is 2. The van der Waals surface area contributed by atoms with Crippen LogP contribution in [0.5, 0.6) is 0 Å². The van der Waals surface area contributed by atoms with E-state index in [2.05, 4.69) is 10.4 Å². The molecule has 0 fully saturated rings. The molecule has 0 bridgehead atoms. The molecule has 0 saturated heterocycles. The molecule has 94 valence electrons. The summed E-state index contributed by atoms with van der Waals surface area (Å²) >= 11 is 0. The van der Waals surface area contributed by atoms with Gasteiger partial charge in [0.15, 0.2) is 5.69 Å². The molecule has 0 saturated carbocycles. The summed E-state index contributed by atoms with van der Waals surface area (Å²) in [6, 6.07) is 12.9. The molecule has 5 heteroatoms. The van der Waals surface area contributed by atoms with Gasteiger partial charge in [-0.05, 0) is 42.5 Å². The number of carbonyl (C=O) groups is 1. The average Bonchev–Trinajstić information content (AvgIpc) is 2.85. The number of carbonyl (C=O) groups excluding carboxylic acids is 1. The second-order valence-corrected chi connectivity index (χ2v) is 4.06. The molecule has 1 N–H and O–H groups in total. The lowest BCUT2D eigenvalue weighted by Crippen LogP contribution is -2.12. The summed E-state index contributed by atoms with van der Waals surface area (Å²) in [5.74, 6) is -0.666. The van der Waals surface area contributed by atoms with Crippen LogP contribution in [0.2, 0.25) is 0 Å². The minimum absolute atomic E-state index is 0.315. The number of anilines is 1. The van der Waals surface area contributed by atoms with Gasteiger partial charge in [-0.1, -0.05) is 6.07 Å². The largest absolute Gasteiger partial charge is 0.321 e. The number of benzene rings is 1. The topological polar surface area (TPSA) is 46.4 Å². The lowest BCUT2D eigenvalue weighted by Gasteiger charge is -2.01. The molecule has 0 atom stereocenters. The lowest BCUT2D eigenvalue weighted by molar-refractivity contribution is 0.102. The van der Waals surface area contributed by atoms with Gasteiger partial charge in [-0.15, -0.1) is 0 Å². The zero-order chi connectivity index (χ0) is 13.2. The highest BCUT2D eigenvalue weighted by atomic mass is 19.1. The van der Waals surface area contributed by atoms with Gasteiger partial charge in [-0.2, -0.15) is 5.10 Å². The zero-order valence-electron chi connectivity index (χ0n) is 9.88. The van der Waals surface area contributed by atoms with Gasteiger partial charge in [-0.3, -0.25) is 4.79 Å².